The van der Waals surface area contributed by atoms with Crippen LogP contribution in [0.25, 0.3) is 0 Å². The van der Waals surface area contributed by atoms with E-state index in [1.807, 2.05) is 71.0 Å². The van der Waals surface area contributed by atoms with Crippen LogP contribution in [0.4, 0.5) is 5.69 Å². The van der Waals surface area contributed by atoms with Crippen LogP contribution in [0.3, 0.4) is 0 Å². The number of hydrogen-bond donors (Lipinski definition) is 1. The normalized spacial score (nSPS) is 11.9. The lowest BCUT2D eigenvalue weighted by atomic mass is 10.1. The van der Waals surface area contributed by atoms with Crippen molar-refractivity contribution in [3.8, 4) is 5.75 Å². The molecule has 0 aromatic heterocycles. The first-order valence-electron chi connectivity index (χ1n) is 8.03. The standard InChI is InChI=1S/C20H25NO2/c1-6-17(23-18-12-13(2)10-11-14(18)3)20(22)21-19-15(4)8-7-9-16(19)5/h7-12,17H,6H2,1-5H3,(H,21,22)/t17-/m1/s1. The van der Waals surface area contributed by atoms with Crippen LogP contribution in [0.1, 0.15) is 35.6 Å². The van der Waals surface area contributed by atoms with E-state index in [0.29, 0.717) is 6.42 Å². The van der Waals surface area contributed by atoms with Crippen molar-refractivity contribution in [3.05, 3.63) is 58.7 Å². The second-order valence-corrected chi connectivity index (χ2v) is 6.04. The minimum absolute atomic E-state index is 0.106. The first-order chi connectivity index (χ1) is 10.9. The topological polar surface area (TPSA) is 38.3 Å². The molecule has 2 rings (SSSR count). The molecule has 0 fully saturated rings. The zero-order valence-corrected chi connectivity index (χ0v) is 14.6. The molecule has 1 amide bonds. The highest BCUT2D eigenvalue weighted by atomic mass is 16.5. The van der Waals surface area contributed by atoms with Crippen molar-refractivity contribution < 1.29 is 9.53 Å². The average molecular weight is 311 g/mol. The molecule has 0 bridgehead atoms. The number of ether oxygens (including phenoxy) is 1. The Balaban J connectivity index is 2.17. The maximum atomic E-state index is 12.6. The summed E-state index contributed by atoms with van der Waals surface area (Å²) in [4.78, 5) is 12.6. The minimum atomic E-state index is -0.505. The maximum absolute atomic E-state index is 12.6. The molecule has 1 N–H and O–H groups in total. The molecule has 0 radical (unpaired) electrons. The Morgan fingerprint density at radius 3 is 2.30 bits per heavy atom. The molecule has 122 valence electrons. The van der Waals surface area contributed by atoms with Gasteiger partial charge in [0.1, 0.15) is 5.75 Å². The predicted molar refractivity (Wildman–Crippen MR) is 95.2 cm³/mol. The average Bonchev–Trinajstić information content (AvgIpc) is 2.51. The molecule has 3 nitrogen and oxygen atoms in total. The van der Waals surface area contributed by atoms with Gasteiger partial charge in [0.2, 0.25) is 0 Å². The van der Waals surface area contributed by atoms with Gasteiger partial charge in [0, 0.05) is 5.69 Å². The van der Waals surface area contributed by atoms with E-state index in [-0.39, 0.29) is 5.91 Å². The third-order valence-electron chi connectivity index (χ3n) is 4.01. The molecular formula is C20H25NO2. The summed E-state index contributed by atoms with van der Waals surface area (Å²) in [5, 5.41) is 3.02. The smallest absolute Gasteiger partial charge is 0.265 e. The third-order valence-corrected chi connectivity index (χ3v) is 4.01. The summed E-state index contributed by atoms with van der Waals surface area (Å²) in [5.41, 5.74) is 5.14. The number of nitrogens with one attached hydrogen (secondary N) is 1. The van der Waals surface area contributed by atoms with Crippen LogP contribution >= 0.6 is 0 Å². The van der Waals surface area contributed by atoms with Crippen molar-refractivity contribution >= 4 is 11.6 Å². The number of carbonyl (C=O) groups is 1. The van der Waals surface area contributed by atoms with Gasteiger partial charge in [0.15, 0.2) is 6.10 Å². The molecule has 1 atom stereocenters. The number of hydrogen-bond acceptors (Lipinski definition) is 2. The fourth-order valence-electron chi connectivity index (χ4n) is 2.53. The number of para-hydroxylation sites is 1. The van der Waals surface area contributed by atoms with E-state index in [1.54, 1.807) is 0 Å². The molecule has 0 spiro atoms. The Morgan fingerprint density at radius 1 is 1.04 bits per heavy atom. The first kappa shape index (κ1) is 17.1. The molecule has 0 aliphatic heterocycles. The van der Waals surface area contributed by atoms with Crippen LogP contribution in [-0.4, -0.2) is 12.0 Å². The first-order valence-corrected chi connectivity index (χ1v) is 8.03. The van der Waals surface area contributed by atoms with E-state index < -0.39 is 6.10 Å². The van der Waals surface area contributed by atoms with E-state index in [4.69, 9.17) is 4.74 Å². The van der Waals surface area contributed by atoms with Gasteiger partial charge in [-0.15, -0.1) is 0 Å². The molecule has 2 aromatic carbocycles. The molecule has 0 aliphatic rings. The molecule has 0 saturated heterocycles. The molecule has 3 heteroatoms. The van der Waals surface area contributed by atoms with E-state index in [9.17, 15) is 4.79 Å². The number of carbonyl (C=O) groups excluding carboxylic acids is 1. The van der Waals surface area contributed by atoms with Gasteiger partial charge in [0.05, 0.1) is 0 Å². The predicted octanol–water partition coefficient (Wildman–Crippen LogP) is 4.72. The maximum Gasteiger partial charge on any atom is 0.265 e. The Labute approximate surface area is 138 Å². The number of rotatable bonds is 5. The Morgan fingerprint density at radius 2 is 1.70 bits per heavy atom. The van der Waals surface area contributed by atoms with Gasteiger partial charge in [-0.2, -0.15) is 0 Å². The monoisotopic (exact) mass is 311 g/mol. The van der Waals surface area contributed by atoms with Crippen molar-refractivity contribution in [3.63, 3.8) is 0 Å². The number of aryl methyl sites for hydroxylation is 4. The lowest BCUT2D eigenvalue weighted by Gasteiger charge is -2.20. The molecular weight excluding hydrogens is 286 g/mol. The Kier molecular flexibility index (Phi) is 5.43. The molecule has 0 saturated carbocycles. The van der Waals surface area contributed by atoms with Crippen molar-refractivity contribution in [2.24, 2.45) is 0 Å². The summed E-state index contributed by atoms with van der Waals surface area (Å²) in [6.07, 6.45) is 0.110. The highest BCUT2D eigenvalue weighted by Crippen LogP contribution is 2.23. The lowest BCUT2D eigenvalue weighted by Crippen LogP contribution is -2.33. The van der Waals surface area contributed by atoms with Gasteiger partial charge in [-0.1, -0.05) is 37.3 Å². The van der Waals surface area contributed by atoms with Crippen molar-refractivity contribution in [1.29, 1.82) is 0 Å². The van der Waals surface area contributed by atoms with Gasteiger partial charge in [-0.05, 0) is 62.4 Å². The zero-order valence-electron chi connectivity index (χ0n) is 14.6. The van der Waals surface area contributed by atoms with Gasteiger partial charge < -0.3 is 10.1 Å². The summed E-state index contributed by atoms with van der Waals surface area (Å²) < 4.78 is 5.98. The number of amides is 1. The van der Waals surface area contributed by atoms with Crippen LogP contribution in [-0.2, 0) is 4.79 Å². The molecule has 0 heterocycles. The fraction of sp³-hybridized carbons (Fsp3) is 0.350. The van der Waals surface area contributed by atoms with Crippen molar-refractivity contribution in [2.75, 3.05) is 5.32 Å². The lowest BCUT2D eigenvalue weighted by molar-refractivity contribution is -0.122. The fourth-order valence-corrected chi connectivity index (χ4v) is 2.53. The van der Waals surface area contributed by atoms with Crippen LogP contribution < -0.4 is 10.1 Å². The van der Waals surface area contributed by atoms with E-state index >= 15 is 0 Å². The minimum Gasteiger partial charge on any atom is -0.480 e. The van der Waals surface area contributed by atoms with Gasteiger partial charge in [-0.3, -0.25) is 4.79 Å². The van der Waals surface area contributed by atoms with Crippen molar-refractivity contribution in [1.82, 2.24) is 0 Å². The highest BCUT2D eigenvalue weighted by molar-refractivity contribution is 5.95. The summed E-state index contributed by atoms with van der Waals surface area (Å²) in [7, 11) is 0. The van der Waals surface area contributed by atoms with Gasteiger partial charge in [0.25, 0.3) is 5.91 Å². The molecule has 0 unspecified atom stereocenters. The number of anilines is 1. The second kappa shape index (κ2) is 7.32. The largest absolute Gasteiger partial charge is 0.480 e. The van der Waals surface area contributed by atoms with Crippen LogP contribution in [0.2, 0.25) is 0 Å². The van der Waals surface area contributed by atoms with Gasteiger partial charge in [-0.25, -0.2) is 0 Å². The molecule has 2 aromatic rings. The molecule has 0 aliphatic carbocycles. The van der Waals surface area contributed by atoms with Crippen molar-refractivity contribution in [2.45, 2.75) is 47.1 Å². The third kappa shape index (κ3) is 4.13. The van der Waals surface area contributed by atoms with E-state index in [0.717, 1.165) is 33.7 Å². The van der Waals surface area contributed by atoms with E-state index in [2.05, 4.69) is 5.32 Å². The summed E-state index contributed by atoms with van der Waals surface area (Å²) in [6, 6.07) is 12.0. The van der Waals surface area contributed by atoms with Crippen LogP contribution in [0.5, 0.6) is 5.75 Å². The zero-order chi connectivity index (χ0) is 17.0. The SMILES string of the molecule is CC[C@@H](Oc1cc(C)ccc1C)C(=O)Nc1c(C)cccc1C. The quantitative estimate of drug-likeness (QED) is 0.868. The molecule has 23 heavy (non-hydrogen) atoms. The highest BCUT2D eigenvalue weighted by Gasteiger charge is 2.20. The van der Waals surface area contributed by atoms with E-state index in [1.165, 1.54) is 0 Å². The summed E-state index contributed by atoms with van der Waals surface area (Å²) in [5.74, 6) is 0.666. The van der Waals surface area contributed by atoms with Crippen LogP contribution in [0, 0.1) is 27.7 Å². The second-order valence-electron chi connectivity index (χ2n) is 6.04. The summed E-state index contributed by atoms with van der Waals surface area (Å²) in [6.45, 7) is 9.96. The van der Waals surface area contributed by atoms with Crippen LogP contribution in [0.15, 0.2) is 36.4 Å². The Hall–Kier alpha value is -2.29. The van der Waals surface area contributed by atoms with Gasteiger partial charge >= 0.3 is 0 Å². The number of benzene rings is 2. The Bertz CT molecular complexity index is 687. The summed E-state index contributed by atoms with van der Waals surface area (Å²) >= 11 is 0.